The molecular weight excluding hydrogens is 691 g/mol. The largest absolute Gasteiger partial charge is 0.356 e. The summed E-state index contributed by atoms with van der Waals surface area (Å²) in [5.74, 6) is 0. The molecule has 0 radical (unpaired) electrons. The fraction of sp³-hybridized carbons (Fsp3) is 0.280. The average molecular weight is 748 g/mol. The molecule has 0 bridgehead atoms. The summed E-state index contributed by atoms with van der Waals surface area (Å²) in [5, 5.41) is 11.0. The van der Waals surface area contributed by atoms with Crippen molar-refractivity contribution in [2.75, 3.05) is 35.8 Å². The minimum atomic E-state index is -0.258. The second-order valence-electron chi connectivity index (χ2n) is 14.2. The van der Waals surface area contributed by atoms with Crippen LogP contribution in [0.5, 0.6) is 0 Å². The zero-order valence-electron chi connectivity index (χ0n) is 33.1. The summed E-state index contributed by atoms with van der Waals surface area (Å²) in [4.78, 5) is 0. The molecule has 6 nitrogen and oxygen atoms in total. The van der Waals surface area contributed by atoms with E-state index < -0.39 is 0 Å². The summed E-state index contributed by atoms with van der Waals surface area (Å²) in [6, 6.07) is 55.3. The average Bonchev–Trinajstić information content (AvgIpc) is 3.25. The van der Waals surface area contributed by atoms with Gasteiger partial charge < -0.3 is 30.2 Å². The molecule has 0 fully saturated rings. The molecule has 0 aliphatic heterocycles. The molecule has 0 amide bonds. The number of anilines is 3. The van der Waals surface area contributed by atoms with Crippen molar-refractivity contribution in [2.45, 2.75) is 71.6 Å². The summed E-state index contributed by atoms with van der Waals surface area (Å²) >= 11 is 0. The predicted molar refractivity (Wildman–Crippen MR) is 232 cm³/mol. The minimum Gasteiger partial charge on any atom is -0.356 e. The molecule has 0 heterocycles. The molecule has 3 N–H and O–H groups in total. The Morgan fingerprint density at radius 1 is 0.393 bits per heavy atom. The standard InChI is InChI=1S/C50H57N3O3/c1-4-32-54-48(41-16-10-7-11-17-41)51-45-27-22-38(23-28-45)35-40-26-31-47(53-50(56-34-6-3)43-20-14-9-15-21-43)44(37-40)36-39-24-29-46(30-25-39)52-49(55-33-5-2)42-18-12-8-13-19-42/h7-31,37,48-53H,4-6,32-36H2,1-3H3. The molecule has 6 aromatic carbocycles. The molecular formula is C50H57N3O3. The maximum Gasteiger partial charge on any atom is 0.154 e. The summed E-state index contributed by atoms with van der Waals surface area (Å²) in [5.41, 5.74) is 11.4. The van der Waals surface area contributed by atoms with Crippen LogP contribution in [0.25, 0.3) is 0 Å². The second-order valence-corrected chi connectivity index (χ2v) is 14.2. The first-order valence-corrected chi connectivity index (χ1v) is 20.2. The molecule has 6 rings (SSSR count). The summed E-state index contributed by atoms with van der Waals surface area (Å²) in [6.45, 7) is 8.46. The molecule has 0 aliphatic rings. The van der Waals surface area contributed by atoms with Gasteiger partial charge in [-0.3, -0.25) is 0 Å². The SMILES string of the molecule is CCCOC(Nc1ccc(Cc2ccc(NC(OCCC)c3ccccc3)c(Cc3ccc(NC(OCCC)c4ccccc4)cc3)c2)cc1)c1ccccc1. The van der Waals surface area contributed by atoms with Crippen molar-refractivity contribution in [3.63, 3.8) is 0 Å². The fourth-order valence-electron chi connectivity index (χ4n) is 6.64. The second kappa shape index (κ2) is 21.6. The van der Waals surface area contributed by atoms with Gasteiger partial charge in [0.05, 0.1) is 0 Å². The van der Waals surface area contributed by atoms with Crippen molar-refractivity contribution < 1.29 is 14.2 Å². The number of rotatable bonds is 22. The van der Waals surface area contributed by atoms with E-state index in [2.05, 4.69) is 176 Å². The van der Waals surface area contributed by atoms with Crippen molar-refractivity contribution in [3.8, 4) is 0 Å². The topological polar surface area (TPSA) is 63.8 Å². The lowest BCUT2D eigenvalue weighted by atomic mass is 9.97. The van der Waals surface area contributed by atoms with E-state index in [1.807, 2.05) is 18.2 Å². The van der Waals surface area contributed by atoms with Gasteiger partial charge in [0, 0.05) is 53.6 Å². The Bertz CT molecular complexity index is 1990. The van der Waals surface area contributed by atoms with Crippen LogP contribution in [0.4, 0.5) is 17.1 Å². The molecule has 56 heavy (non-hydrogen) atoms. The van der Waals surface area contributed by atoms with Crippen molar-refractivity contribution in [2.24, 2.45) is 0 Å². The van der Waals surface area contributed by atoms with Gasteiger partial charge in [-0.05, 0) is 84.7 Å². The zero-order valence-corrected chi connectivity index (χ0v) is 33.1. The van der Waals surface area contributed by atoms with Crippen LogP contribution in [0.15, 0.2) is 158 Å². The van der Waals surface area contributed by atoms with Crippen LogP contribution in [-0.4, -0.2) is 19.8 Å². The quantitative estimate of drug-likeness (QED) is 0.0601. The number of ether oxygens (including phenoxy) is 3. The molecule has 0 spiro atoms. The maximum atomic E-state index is 6.37. The maximum absolute atomic E-state index is 6.37. The molecule has 3 atom stereocenters. The highest BCUT2D eigenvalue weighted by Crippen LogP contribution is 2.30. The Balaban J connectivity index is 1.21. The van der Waals surface area contributed by atoms with E-state index in [-0.39, 0.29) is 18.7 Å². The zero-order chi connectivity index (χ0) is 38.8. The first-order chi connectivity index (χ1) is 27.6. The lowest BCUT2D eigenvalue weighted by Gasteiger charge is -2.23. The van der Waals surface area contributed by atoms with E-state index in [1.54, 1.807) is 0 Å². The van der Waals surface area contributed by atoms with E-state index in [1.165, 1.54) is 22.3 Å². The fourth-order valence-corrected chi connectivity index (χ4v) is 6.64. The Hall–Kier alpha value is -5.40. The third-order valence-corrected chi connectivity index (χ3v) is 9.54. The molecule has 0 saturated heterocycles. The van der Waals surface area contributed by atoms with Gasteiger partial charge in [0.1, 0.15) is 0 Å². The molecule has 290 valence electrons. The van der Waals surface area contributed by atoms with E-state index >= 15 is 0 Å². The van der Waals surface area contributed by atoms with E-state index in [9.17, 15) is 0 Å². The number of benzene rings is 6. The van der Waals surface area contributed by atoms with Gasteiger partial charge in [0.2, 0.25) is 0 Å². The number of hydrogen-bond acceptors (Lipinski definition) is 6. The van der Waals surface area contributed by atoms with Gasteiger partial charge in [-0.25, -0.2) is 0 Å². The van der Waals surface area contributed by atoms with Gasteiger partial charge in [-0.2, -0.15) is 0 Å². The molecule has 6 aromatic rings. The molecule has 3 unspecified atom stereocenters. The Labute approximate surface area is 334 Å². The summed E-state index contributed by atoms with van der Waals surface area (Å²) in [7, 11) is 0. The van der Waals surface area contributed by atoms with Crippen LogP contribution in [0, 0.1) is 0 Å². The Morgan fingerprint density at radius 3 is 1.18 bits per heavy atom. The van der Waals surface area contributed by atoms with Crippen molar-refractivity contribution in [1.29, 1.82) is 0 Å². The van der Waals surface area contributed by atoms with Crippen LogP contribution in [0.2, 0.25) is 0 Å². The predicted octanol–water partition coefficient (Wildman–Crippen LogP) is 12.5. The molecule has 6 heteroatoms. The smallest absolute Gasteiger partial charge is 0.154 e. The van der Waals surface area contributed by atoms with Gasteiger partial charge in [-0.1, -0.05) is 148 Å². The summed E-state index contributed by atoms with van der Waals surface area (Å²) < 4.78 is 18.8. The van der Waals surface area contributed by atoms with Gasteiger partial charge in [0.25, 0.3) is 0 Å². The number of hydrogen-bond donors (Lipinski definition) is 3. The van der Waals surface area contributed by atoms with Crippen molar-refractivity contribution in [1.82, 2.24) is 0 Å². The van der Waals surface area contributed by atoms with Crippen molar-refractivity contribution >= 4 is 17.1 Å². The minimum absolute atomic E-state index is 0.199. The van der Waals surface area contributed by atoms with Gasteiger partial charge >= 0.3 is 0 Å². The van der Waals surface area contributed by atoms with Gasteiger partial charge in [0.15, 0.2) is 18.7 Å². The van der Waals surface area contributed by atoms with Crippen LogP contribution >= 0.6 is 0 Å². The van der Waals surface area contributed by atoms with E-state index in [0.717, 1.165) is 65.9 Å². The van der Waals surface area contributed by atoms with Crippen LogP contribution < -0.4 is 16.0 Å². The third kappa shape index (κ3) is 12.0. The third-order valence-electron chi connectivity index (χ3n) is 9.54. The molecule has 0 aliphatic carbocycles. The highest BCUT2D eigenvalue weighted by atomic mass is 16.5. The lowest BCUT2D eigenvalue weighted by molar-refractivity contribution is 0.0724. The van der Waals surface area contributed by atoms with Crippen LogP contribution in [0.1, 0.15) is 97.7 Å². The Kier molecular flexibility index (Phi) is 15.6. The van der Waals surface area contributed by atoms with E-state index in [0.29, 0.717) is 19.8 Å². The first kappa shape index (κ1) is 40.3. The molecule has 0 saturated carbocycles. The van der Waals surface area contributed by atoms with Gasteiger partial charge in [-0.15, -0.1) is 0 Å². The first-order valence-electron chi connectivity index (χ1n) is 20.2. The normalized spacial score (nSPS) is 12.8. The highest BCUT2D eigenvalue weighted by Gasteiger charge is 2.16. The summed E-state index contributed by atoms with van der Waals surface area (Å²) in [6.07, 6.45) is 3.78. The van der Waals surface area contributed by atoms with Crippen LogP contribution in [-0.2, 0) is 27.1 Å². The molecule has 0 aromatic heterocycles. The number of nitrogens with one attached hydrogen (secondary N) is 3. The van der Waals surface area contributed by atoms with Crippen LogP contribution in [0.3, 0.4) is 0 Å². The Morgan fingerprint density at radius 2 is 0.768 bits per heavy atom. The lowest BCUT2D eigenvalue weighted by Crippen LogP contribution is -2.16. The highest BCUT2D eigenvalue weighted by molar-refractivity contribution is 5.57. The van der Waals surface area contributed by atoms with Crippen molar-refractivity contribution in [3.05, 3.63) is 197 Å². The van der Waals surface area contributed by atoms with E-state index in [4.69, 9.17) is 14.2 Å². The monoisotopic (exact) mass is 747 g/mol.